The van der Waals surface area contributed by atoms with Gasteiger partial charge >= 0.3 is 12.2 Å². The number of ketones is 1. The normalized spacial score (nSPS) is 15.6. The van der Waals surface area contributed by atoms with E-state index in [1.165, 1.54) is 11.3 Å². The van der Waals surface area contributed by atoms with E-state index in [0.29, 0.717) is 43.1 Å². The zero-order valence-electron chi connectivity index (χ0n) is 24.1. The second-order valence-corrected chi connectivity index (χ2v) is 12.7. The molecule has 4 rings (SSSR count). The fraction of sp³-hybridized carbons (Fsp3) is 0.467. The molecule has 10 heteroatoms. The summed E-state index contributed by atoms with van der Waals surface area (Å²) in [5, 5.41) is 5.32. The first-order valence-electron chi connectivity index (χ1n) is 13.5. The molecule has 0 radical (unpaired) electrons. The number of benzene rings is 1. The van der Waals surface area contributed by atoms with Crippen LogP contribution in [0.25, 0.3) is 5.57 Å². The maximum absolute atomic E-state index is 13.4. The van der Waals surface area contributed by atoms with E-state index in [9.17, 15) is 14.4 Å². The Morgan fingerprint density at radius 2 is 1.70 bits per heavy atom. The molecule has 0 unspecified atom stereocenters. The van der Waals surface area contributed by atoms with Gasteiger partial charge in [0.25, 0.3) is 0 Å². The minimum Gasteiger partial charge on any atom is -0.444 e. The Balaban J connectivity index is 1.44. The monoisotopic (exact) mass is 566 g/mol. The predicted octanol–water partition coefficient (Wildman–Crippen LogP) is 6.32. The molecule has 214 valence electrons. The molecular weight excluding hydrogens is 528 g/mol. The summed E-state index contributed by atoms with van der Waals surface area (Å²) in [6.45, 7) is 13.2. The van der Waals surface area contributed by atoms with E-state index in [2.05, 4.69) is 27.4 Å². The molecule has 2 heterocycles. The van der Waals surface area contributed by atoms with Crippen molar-refractivity contribution in [1.29, 1.82) is 0 Å². The first-order chi connectivity index (χ1) is 18.8. The summed E-state index contributed by atoms with van der Waals surface area (Å²) in [7, 11) is 0. The molecule has 2 amide bonds. The summed E-state index contributed by atoms with van der Waals surface area (Å²) in [5.41, 5.74) is 2.59. The molecule has 1 fully saturated rings. The third-order valence-corrected chi connectivity index (χ3v) is 7.11. The molecule has 0 bridgehead atoms. The van der Waals surface area contributed by atoms with Gasteiger partial charge in [-0.3, -0.25) is 10.1 Å². The van der Waals surface area contributed by atoms with Gasteiger partial charge in [0.15, 0.2) is 10.9 Å². The molecule has 0 spiro atoms. The van der Waals surface area contributed by atoms with Gasteiger partial charge in [0.05, 0.1) is 0 Å². The molecule has 1 aliphatic heterocycles. The van der Waals surface area contributed by atoms with Gasteiger partial charge in [-0.25, -0.2) is 14.6 Å². The minimum absolute atomic E-state index is 0.0786. The van der Waals surface area contributed by atoms with Gasteiger partial charge in [-0.15, -0.1) is 11.3 Å². The maximum Gasteiger partial charge on any atom is 0.412 e. The number of aromatic nitrogens is 1. The van der Waals surface area contributed by atoms with Gasteiger partial charge in [0.2, 0.25) is 0 Å². The van der Waals surface area contributed by atoms with Crippen LogP contribution in [0.5, 0.6) is 0 Å². The van der Waals surface area contributed by atoms with E-state index < -0.39 is 17.3 Å². The highest BCUT2D eigenvalue weighted by atomic mass is 32.1. The topological polar surface area (TPSA) is 101 Å². The van der Waals surface area contributed by atoms with Gasteiger partial charge < -0.3 is 19.3 Å². The lowest BCUT2D eigenvalue weighted by atomic mass is 9.98. The Morgan fingerprint density at radius 3 is 2.33 bits per heavy atom. The fourth-order valence-corrected chi connectivity index (χ4v) is 5.23. The highest BCUT2D eigenvalue weighted by Crippen LogP contribution is 2.29. The molecular formula is C30H38N4O5S. The second-order valence-electron chi connectivity index (χ2n) is 11.9. The van der Waals surface area contributed by atoms with Crippen LogP contribution >= 0.6 is 11.3 Å². The summed E-state index contributed by atoms with van der Waals surface area (Å²) in [5.74, 6) is -0.141. The number of anilines is 2. The molecule has 1 saturated heterocycles. The van der Waals surface area contributed by atoms with Crippen LogP contribution in [0, 0.1) is 0 Å². The number of hydrogen-bond donors (Lipinski definition) is 1. The predicted molar refractivity (Wildman–Crippen MR) is 158 cm³/mol. The molecule has 9 nitrogen and oxygen atoms in total. The van der Waals surface area contributed by atoms with Crippen molar-refractivity contribution in [3.63, 3.8) is 0 Å². The highest BCUT2D eigenvalue weighted by Gasteiger charge is 2.27. The van der Waals surface area contributed by atoms with Gasteiger partial charge in [-0.1, -0.05) is 24.3 Å². The number of nitrogens with zero attached hydrogens (tertiary/aromatic N) is 3. The maximum atomic E-state index is 13.4. The molecule has 1 aliphatic carbocycles. The number of carbonyl (C=O) groups excluding carboxylic acids is 3. The van der Waals surface area contributed by atoms with E-state index in [-0.39, 0.29) is 18.3 Å². The van der Waals surface area contributed by atoms with Crippen LogP contribution in [0.4, 0.5) is 20.4 Å². The zero-order chi connectivity index (χ0) is 29.1. The second kappa shape index (κ2) is 11.8. The Morgan fingerprint density at radius 1 is 1.00 bits per heavy atom. The lowest BCUT2D eigenvalue weighted by Gasteiger charge is -2.35. The van der Waals surface area contributed by atoms with Crippen molar-refractivity contribution in [2.45, 2.75) is 65.6 Å². The van der Waals surface area contributed by atoms with Crippen LogP contribution in [-0.2, 0) is 15.9 Å². The first kappa shape index (κ1) is 29.3. The molecule has 40 heavy (non-hydrogen) atoms. The third kappa shape index (κ3) is 7.94. The Kier molecular flexibility index (Phi) is 8.68. The SMILES string of the molecule is CC(C)(C)OC(=O)Nc1ccc(C2=CC=CC2)cc1CC(=O)c1csc(N2CCN(C(=O)OC(C)(C)C)CC2)n1. The quantitative estimate of drug-likeness (QED) is 0.409. The van der Waals surface area contributed by atoms with Crippen LogP contribution in [0.3, 0.4) is 0 Å². The van der Waals surface area contributed by atoms with Crippen molar-refractivity contribution in [2.24, 2.45) is 0 Å². The van der Waals surface area contributed by atoms with Crippen molar-refractivity contribution < 1.29 is 23.9 Å². The van der Waals surface area contributed by atoms with Crippen molar-refractivity contribution >= 4 is 45.7 Å². The van der Waals surface area contributed by atoms with E-state index in [0.717, 1.165) is 22.7 Å². The zero-order valence-corrected chi connectivity index (χ0v) is 24.9. The summed E-state index contributed by atoms with van der Waals surface area (Å²) in [4.78, 5) is 46.7. The highest BCUT2D eigenvalue weighted by molar-refractivity contribution is 7.13. The first-order valence-corrected chi connectivity index (χ1v) is 14.4. The Hall–Kier alpha value is -3.66. The van der Waals surface area contributed by atoms with Crippen LogP contribution in [0.15, 0.2) is 41.8 Å². The number of thiazole rings is 1. The van der Waals surface area contributed by atoms with Crippen LogP contribution < -0.4 is 10.2 Å². The molecule has 1 aromatic carbocycles. The smallest absolute Gasteiger partial charge is 0.412 e. The number of allylic oxidation sites excluding steroid dienone is 4. The van der Waals surface area contributed by atoms with Crippen LogP contribution in [-0.4, -0.2) is 65.2 Å². The van der Waals surface area contributed by atoms with E-state index in [4.69, 9.17) is 9.47 Å². The number of amides is 2. The van der Waals surface area contributed by atoms with Gasteiger partial charge in [0.1, 0.15) is 16.9 Å². The Bertz CT molecular complexity index is 1320. The Labute approximate surface area is 239 Å². The molecule has 1 N–H and O–H groups in total. The van der Waals surface area contributed by atoms with Crippen molar-refractivity contribution in [3.8, 4) is 0 Å². The van der Waals surface area contributed by atoms with Crippen molar-refractivity contribution in [2.75, 3.05) is 36.4 Å². The number of ether oxygens (including phenoxy) is 2. The van der Waals surface area contributed by atoms with E-state index in [1.807, 2.05) is 45.0 Å². The van der Waals surface area contributed by atoms with Gasteiger partial charge in [-0.05, 0) is 76.8 Å². The number of piperazine rings is 1. The number of carbonyl (C=O) groups is 3. The van der Waals surface area contributed by atoms with Gasteiger partial charge in [-0.2, -0.15) is 0 Å². The van der Waals surface area contributed by atoms with Gasteiger partial charge in [0, 0.05) is 43.7 Å². The molecule has 0 saturated carbocycles. The minimum atomic E-state index is -0.643. The number of nitrogens with one attached hydrogen (secondary N) is 1. The lowest BCUT2D eigenvalue weighted by Crippen LogP contribution is -2.50. The third-order valence-electron chi connectivity index (χ3n) is 6.21. The standard InChI is InChI=1S/C30H38N4O5S/c1-29(2,3)38-27(36)32-23-12-11-21(20-9-7-8-10-20)17-22(23)18-25(35)24-19-40-26(31-24)33-13-15-34(16-14-33)28(37)39-30(4,5)6/h7-9,11-12,17,19H,10,13-16,18H2,1-6H3,(H,32,36). The molecule has 0 atom stereocenters. The largest absolute Gasteiger partial charge is 0.444 e. The van der Waals surface area contributed by atoms with Crippen LogP contribution in [0.2, 0.25) is 0 Å². The molecule has 1 aromatic heterocycles. The van der Waals surface area contributed by atoms with E-state index >= 15 is 0 Å². The van der Waals surface area contributed by atoms with E-state index in [1.54, 1.807) is 31.1 Å². The summed E-state index contributed by atoms with van der Waals surface area (Å²) >= 11 is 1.41. The number of hydrogen-bond acceptors (Lipinski definition) is 8. The van der Waals surface area contributed by atoms with Crippen molar-refractivity contribution in [1.82, 2.24) is 9.88 Å². The summed E-state index contributed by atoms with van der Waals surface area (Å²) in [6, 6.07) is 5.71. The average molecular weight is 567 g/mol. The molecule has 2 aliphatic rings. The van der Waals surface area contributed by atoms with Crippen molar-refractivity contribution in [3.05, 3.63) is 58.6 Å². The average Bonchev–Trinajstić information content (AvgIpc) is 3.56. The summed E-state index contributed by atoms with van der Waals surface area (Å²) in [6.07, 6.45) is 6.16. The molecule has 2 aromatic rings. The fourth-order valence-electron chi connectivity index (χ4n) is 4.34. The van der Waals surface area contributed by atoms with Crippen LogP contribution in [0.1, 0.15) is 69.6 Å². The number of Topliss-reactive ketones (excluding diaryl/α,β-unsaturated/α-hetero) is 1. The lowest BCUT2D eigenvalue weighted by molar-refractivity contribution is 0.0240. The summed E-state index contributed by atoms with van der Waals surface area (Å²) < 4.78 is 10.9. The number of rotatable bonds is 6.